The van der Waals surface area contributed by atoms with Crippen LogP contribution in [0.15, 0.2) is 23.6 Å². The molecule has 0 saturated heterocycles. The summed E-state index contributed by atoms with van der Waals surface area (Å²) in [6.45, 7) is 3.36. The van der Waals surface area contributed by atoms with Gasteiger partial charge in [0, 0.05) is 37.1 Å². The van der Waals surface area contributed by atoms with Crippen molar-refractivity contribution < 1.29 is 9.53 Å². The standard InChI is InChI=1S/C17H20ClN3O2S/c1-23-15-9-14(19)13(18)8-12(15)17(22)20-4-6-21-5-2-16-11(10-21)3-7-24-16/h3,7-9H,2,4-6,10,19H2,1H3,(H,20,22). The van der Waals surface area contributed by atoms with E-state index in [2.05, 4.69) is 21.7 Å². The van der Waals surface area contributed by atoms with Crippen LogP contribution in [0.4, 0.5) is 5.69 Å². The number of rotatable bonds is 5. The Kier molecular flexibility index (Phi) is 5.28. The number of thiophene rings is 1. The molecule has 2 aromatic rings. The molecule has 0 unspecified atom stereocenters. The molecule has 0 fully saturated rings. The maximum absolute atomic E-state index is 12.4. The molecule has 1 aromatic carbocycles. The van der Waals surface area contributed by atoms with E-state index in [1.165, 1.54) is 17.6 Å². The summed E-state index contributed by atoms with van der Waals surface area (Å²) in [5.74, 6) is 0.220. The van der Waals surface area contributed by atoms with Gasteiger partial charge in [0.1, 0.15) is 5.75 Å². The van der Waals surface area contributed by atoms with E-state index in [4.69, 9.17) is 22.1 Å². The van der Waals surface area contributed by atoms with Crippen LogP contribution in [-0.2, 0) is 13.0 Å². The Morgan fingerprint density at radius 2 is 2.33 bits per heavy atom. The maximum Gasteiger partial charge on any atom is 0.255 e. The summed E-state index contributed by atoms with van der Waals surface area (Å²) in [5, 5.41) is 5.42. The van der Waals surface area contributed by atoms with Crippen LogP contribution in [0.2, 0.25) is 5.02 Å². The fourth-order valence-corrected chi connectivity index (χ4v) is 3.89. The number of methoxy groups -OCH3 is 1. The first-order chi connectivity index (χ1) is 11.6. The molecule has 0 aliphatic carbocycles. The third kappa shape index (κ3) is 3.66. The predicted molar refractivity (Wildman–Crippen MR) is 98.0 cm³/mol. The van der Waals surface area contributed by atoms with Gasteiger partial charge >= 0.3 is 0 Å². The summed E-state index contributed by atoms with van der Waals surface area (Å²) in [5.41, 5.74) is 7.94. The molecule has 7 heteroatoms. The normalized spacial score (nSPS) is 14.2. The Bertz CT molecular complexity index is 747. The van der Waals surface area contributed by atoms with E-state index in [-0.39, 0.29) is 5.91 Å². The lowest BCUT2D eigenvalue weighted by Gasteiger charge is -2.26. The molecular formula is C17H20ClN3O2S. The van der Waals surface area contributed by atoms with Crippen molar-refractivity contribution in [3.05, 3.63) is 44.6 Å². The van der Waals surface area contributed by atoms with E-state index >= 15 is 0 Å². The third-order valence-electron chi connectivity index (χ3n) is 4.16. The van der Waals surface area contributed by atoms with Crippen molar-refractivity contribution in [2.45, 2.75) is 13.0 Å². The topological polar surface area (TPSA) is 67.6 Å². The number of nitrogens with zero attached hydrogens (tertiary/aromatic N) is 1. The number of nitrogens with one attached hydrogen (secondary N) is 1. The lowest BCUT2D eigenvalue weighted by Crippen LogP contribution is -2.37. The Labute approximate surface area is 150 Å². The molecule has 0 radical (unpaired) electrons. The fourth-order valence-electron chi connectivity index (χ4n) is 2.84. The smallest absolute Gasteiger partial charge is 0.255 e. The summed E-state index contributed by atoms with van der Waals surface area (Å²) >= 11 is 7.84. The minimum absolute atomic E-state index is 0.206. The van der Waals surface area contributed by atoms with Crippen LogP contribution in [0, 0.1) is 0 Å². The highest BCUT2D eigenvalue weighted by molar-refractivity contribution is 7.10. The number of halogens is 1. The van der Waals surface area contributed by atoms with Gasteiger partial charge in [-0.25, -0.2) is 0 Å². The highest BCUT2D eigenvalue weighted by Gasteiger charge is 2.18. The zero-order valence-corrected chi connectivity index (χ0v) is 15.0. The monoisotopic (exact) mass is 365 g/mol. The van der Waals surface area contributed by atoms with Gasteiger partial charge in [0.2, 0.25) is 0 Å². The quantitative estimate of drug-likeness (QED) is 0.799. The van der Waals surface area contributed by atoms with Gasteiger partial charge in [-0.3, -0.25) is 9.69 Å². The third-order valence-corrected chi connectivity index (χ3v) is 5.51. The van der Waals surface area contributed by atoms with Gasteiger partial charge < -0.3 is 15.8 Å². The molecule has 0 bridgehead atoms. The molecule has 3 N–H and O–H groups in total. The summed E-state index contributed by atoms with van der Waals surface area (Å²) in [7, 11) is 1.51. The van der Waals surface area contributed by atoms with Crippen molar-refractivity contribution in [3.63, 3.8) is 0 Å². The molecule has 5 nitrogen and oxygen atoms in total. The molecule has 0 saturated carbocycles. The second-order valence-electron chi connectivity index (χ2n) is 5.73. The molecule has 128 valence electrons. The summed E-state index contributed by atoms with van der Waals surface area (Å²) in [6.07, 6.45) is 1.09. The minimum Gasteiger partial charge on any atom is -0.496 e. The number of carbonyl (C=O) groups excluding carboxylic acids is 1. The van der Waals surface area contributed by atoms with Gasteiger partial charge in [0.05, 0.1) is 23.4 Å². The number of anilines is 1. The summed E-state index contributed by atoms with van der Waals surface area (Å²) < 4.78 is 5.22. The maximum atomic E-state index is 12.4. The van der Waals surface area contributed by atoms with Gasteiger partial charge in [-0.2, -0.15) is 0 Å². The van der Waals surface area contributed by atoms with Crippen molar-refractivity contribution in [2.24, 2.45) is 0 Å². The van der Waals surface area contributed by atoms with E-state index < -0.39 is 0 Å². The number of carbonyl (C=O) groups is 1. The Hall–Kier alpha value is -1.76. The Morgan fingerprint density at radius 1 is 1.50 bits per heavy atom. The van der Waals surface area contributed by atoms with Gasteiger partial charge in [0.15, 0.2) is 0 Å². The van der Waals surface area contributed by atoms with Crippen LogP contribution < -0.4 is 15.8 Å². The van der Waals surface area contributed by atoms with E-state index in [9.17, 15) is 4.79 Å². The van der Waals surface area contributed by atoms with E-state index in [0.29, 0.717) is 28.6 Å². The lowest BCUT2D eigenvalue weighted by atomic mass is 10.1. The first-order valence-electron chi connectivity index (χ1n) is 7.77. The van der Waals surface area contributed by atoms with E-state index in [1.54, 1.807) is 12.1 Å². The molecule has 24 heavy (non-hydrogen) atoms. The number of benzene rings is 1. The zero-order chi connectivity index (χ0) is 17.1. The molecule has 1 aliphatic heterocycles. The molecule has 1 aliphatic rings. The molecule has 0 spiro atoms. The van der Waals surface area contributed by atoms with Gasteiger partial charge in [0.25, 0.3) is 5.91 Å². The first kappa shape index (κ1) is 17.1. The number of nitrogens with two attached hydrogens (primary N) is 1. The van der Waals surface area contributed by atoms with Crippen molar-refractivity contribution in [1.82, 2.24) is 10.2 Å². The van der Waals surface area contributed by atoms with Gasteiger partial charge in [-0.1, -0.05) is 11.6 Å². The summed E-state index contributed by atoms with van der Waals surface area (Å²) in [6, 6.07) is 5.30. The SMILES string of the molecule is COc1cc(N)c(Cl)cc1C(=O)NCCN1CCc2sccc2C1. The molecule has 3 rings (SSSR count). The number of fused-ring (bicyclic) bond motifs is 1. The lowest BCUT2D eigenvalue weighted by molar-refractivity contribution is 0.0944. The number of nitrogen functional groups attached to an aromatic ring is 1. The largest absolute Gasteiger partial charge is 0.496 e. The second-order valence-corrected chi connectivity index (χ2v) is 7.13. The van der Waals surface area contributed by atoms with Gasteiger partial charge in [-0.15, -0.1) is 11.3 Å². The number of hydrogen-bond acceptors (Lipinski definition) is 5. The van der Waals surface area contributed by atoms with Crippen LogP contribution >= 0.6 is 22.9 Å². The number of hydrogen-bond donors (Lipinski definition) is 2. The average Bonchev–Trinajstić information content (AvgIpc) is 3.04. The van der Waals surface area contributed by atoms with Crippen molar-refractivity contribution in [2.75, 3.05) is 32.5 Å². The Balaban J connectivity index is 1.56. The molecule has 2 heterocycles. The number of ether oxygens (including phenoxy) is 1. The Morgan fingerprint density at radius 3 is 3.12 bits per heavy atom. The minimum atomic E-state index is -0.206. The second kappa shape index (κ2) is 7.42. The number of amides is 1. The molecule has 1 aromatic heterocycles. The van der Waals surface area contributed by atoms with Crippen LogP contribution in [-0.4, -0.2) is 37.6 Å². The fraction of sp³-hybridized carbons (Fsp3) is 0.353. The molecule has 0 atom stereocenters. The van der Waals surface area contributed by atoms with E-state index in [1.807, 2.05) is 11.3 Å². The average molecular weight is 366 g/mol. The van der Waals surface area contributed by atoms with Crippen molar-refractivity contribution in [1.29, 1.82) is 0 Å². The van der Waals surface area contributed by atoms with Crippen LogP contribution in [0.25, 0.3) is 0 Å². The highest BCUT2D eigenvalue weighted by atomic mass is 35.5. The summed E-state index contributed by atoms with van der Waals surface area (Å²) in [4.78, 5) is 16.2. The van der Waals surface area contributed by atoms with Gasteiger partial charge in [-0.05, 0) is 29.5 Å². The van der Waals surface area contributed by atoms with Crippen molar-refractivity contribution >= 4 is 34.5 Å². The predicted octanol–water partition coefficient (Wildman–Crippen LogP) is 2.78. The van der Waals surface area contributed by atoms with Crippen LogP contribution in [0.3, 0.4) is 0 Å². The highest BCUT2D eigenvalue weighted by Crippen LogP contribution is 2.28. The zero-order valence-electron chi connectivity index (χ0n) is 13.5. The van der Waals surface area contributed by atoms with Crippen LogP contribution in [0.1, 0.15) is 20.8 Å². The molecule has 1 amide bonds. The van der Waals surface area contributed by atoms with Crippen LogP contribution in [0.5, 0.6) is 5.75 Å². The molecular weight excluding hydrogens is 346 g/mol. The van der Waals surface area contributed by atoms with E-state index in [0.717, 1.165) is 26.1 Å². The first-order valence-corrected chi connectivity index (χ1v) is 9.03. The van der Waals surface area contributed by atoms with Crippen molar-refractivity contribution in [3.8, 4) is 5.75 Å².